The molecule has 0 spiro atoms. The predicted octanol–water partition coefficient (Wildman–Crippen LogP) is 3.60. The fourth-order valence-electron chi connectivity index (χ4n) is 3.09. The van der Waals surface area contributed by atoms with Crippen LogP contribution in [0.5, 0.6) is 0 Å². The van der Waals surface area contributed by atoms with E-state index in [4.69, 9.17) is 9.47 Å². The van der Waals surface area contributed by atoms with E-state index in [2.05, 4.69) is 38.1 Å². The molecule has 0 bridgehead atoms. The Balaban J connectivity index is 2.33. The Morgan fingerprint density at radius 1 is 1.10 bits per heavy atom. The van der Waals surface area contributed by atoms with Crippen molar-refractivity contribution in [1.82, 2.24) is 0 Å². The number of hydrogen-bond donors (Lipinski definition) is 0. The fourth-order valence-corrected chi connectivity index (χ4v) is 3.09. The van der Waals surface area contributed by atoms with Crippen LogP contribution < -0.4 is 0 Å². The van der Waals surface area contributed by atoms with E-state index in [-0.39, 0.29) is 5.97 Å². The number of rotatable bonds is 6. The minimum Gasteiger partial charge on any atom is -0.464 e. The third-order valence-corrected chi connectivity index (χ3v) is 4.39. The number of ether oxygens (including phenoxy) is 2. The Hall–Kier alpha value is -1.35. The first-order chi connectivity index (χ1) is 9.60. The number of hydrogen-bond acceptors (Lipinski definition) is 3. The zero-order chi connectivity index (χ0) is 14.8. The molecular formula is C17H24O3. The van der Waals surface area contributed by atoms with Crippen LogP contribution in [0.4, 0.5) is 0 Å². The SMILES string of the molecule is CCOC(=O)C1(CC)OC1(CC)c1ccc(CC)cc1. The maximum atomic E-state index is 12.3. The average molecular weight is 276 g/mol. The Bertz CT molecular complexity index is 480. The minimum absolute atomic E-state index is 0.232. The molecule has 2 unspecified atom stereocenters. The van der Waals surface area contributed by atoms with Gasteiger partial charge in [-0.2, -0.15) is 0 Å². The molecule has 3 heteroatoms. The summed E-state index contributed by atoms with van der Waals surface area (Å²) in [5.74, 6) is -0.232. The molecule has 1 aliphatic heterocycles. The first-order valence-electron chi connectivity index (χ1n) is 7.57. The standard InChI is InChI=1S/C17H24O3/c1-5-13-9-11-14(12-10-13)16(6-2)17(7-3,20-16)15(18)19-8-4/h9-12H,5-8H2,1-4H3. The van der Waals surface area contributed by atoms with E-state index in [0.29, 0.717) is 13.0 Å². The van der Waals surface area contributed by atoms with Gasteiger partial charge in [-0.15, -0.1) is 0 Å². The highest BCUT2D eigenvalue weighted by molar-refractivity contribution is 5.85. The van der Waals surface area contributed by atoms with E-state index < -0.39 is 11.2 Å². The molecule has 1 aromatic carbocycles. The maximum Gasteiger partial charge on any atom is 0.341 e. The molecule has 110 valence electrons. The lowest BCUT2D eigenvalue weighted by Crippen LogP contribution is -2.34. The van der Waals surface area contributed by atoms with E-state index in [1.807, 2.05) is 13.8 Å². The zero-order valence-corrected chi connectivity index (χ0v) is 12.9. The lowest BCUT2D eigenvalue weighted by atomic mass is 9.82. The van der Waals surface area contributed by atoms with Crippen molar-refractivity contribution in [3.05, 3.63) is 35.4 Å². The molecule has 1 fully saturated rings. The van der Waals surface area contributed by atoms with Crippen molar-refractivity contribution in [2.24, 2.45) is 0 Å². The normalized spacial score (nSPS) is 28.2. The Kier molecular flexibility index (Phi) is 4.19. The van der Waals surface area contributed by atoms with E-state index in [1.165, 1.54) is 5.56 Å². The molecule has 0 aliphatic carbocycles. The van der Waals surface area contributed by atoms with Crippen LogP contribution in [0.3, 0.4) is 0 Å². The molecule has 3 nitrogen and oxygen atoms in total. The molecule has 1 saturated heterocycles. The third-order valence-electron chi connectivity index (χ3n) is 4.39. The molecule has 1 heterocycles. The molecule has 0 radical (unpaired) electrons. The highest BCUT2D eigenvalue weighted by Gasteiger charge is 2.74. The summed E-state index contributed by atoms with van der Waals surface area (Å²) in [7, 11) is 0. The highest BCUT2D eigenvalue weighted by atomic mass is 16.7. The van der Waals surface area contributed by atoms with Gasteiger partial charge < -0.3 is 9.47 Å². The summed E-state index contributed by atoms with van der Waals surface area (Å²) in [4.78, 5) is 12.3. The smallest absolute Gasteiger partial charge is 0.341 e. The molecule has 0 aromatic heterocycles. The monoisotopic (exact) mass is 276 g/mol. The average Bonchev–Trinajstić information content (AvgIpc) is 3.19. The quantitative estimate of drug-likeness (QED) is 0.588. The van der Waals surface area contributed by atoms with Gasteiger partial charge in [-0.25, -0.2) is 4.79 Å². The number of carbonyl (C=O) groups excluding carboxylic acids is 1. The molecule has 0 N–H and O–H groups in total. The van der Waals surface area contributed by atoms with E-state index in [0.717, 1.165) is 18.4 Å². The van der Waals surface area contributed by atoms with Crippen LogP contribution in [0, 0.1) is 0 Å². The van der Waals surface area contributed by atoms with Crippen molar-refractivity contribution in [3.8, 4) is 0 Å². The second kappa shape index (κ2) is 5.57. The predicted molar refractivity (Wildman–Crippen MR) is 78.5 cm³/mol. The summed E-state index contributed by atoms with van der Waals surface area (Å²) in [5.41, 5.74) is 1.05. The van der Waals surface area contributed by atoms with Gasteiger partial charge in [0.25, 0.3) is 0 Å². The van der Waals surface area contributed by atoms with Crippen LogP contribution in [0.15, 0.2) is 24.3 Å². The molecule has 1 aromatic rings. The van der Waals surface area contributed by atoms with Crippen LogP contribution in [0.2, 0.25) is 0 Å². The zero-order valence-electron chi connectivity index (χ0n) is 12.9. The maximum absolute atomic E-state index is 12.3. The number of esters is 1. The topological polar surface area (TPSA) is 38.8 Å². The van der Waals surface area contributed by atoms with Crippen molar-refractivity contribution in [2.45, 2.75) is 58.2 Å². The summed E-state index contributed by atoms with van der Waals surface area (Å²) < 4.78 is 11.2. The van der Waals surface area contributed by atoms with Crippen molar-refractivity contribution >= 4 is 5.97 Å². The Morgan fingerprint density at radius 2 is 1.75 bits per heavy atom. The van der Waals surface area contributed by atoms with E-state index >= 15 is 0 Å². The second-order valence-corrected chi connectivity index (χ2v) is 5.23. The van der Waals surface area contributed by atoms with Gasteiger partial charge in [0, 0.05) is 0 Å². The Labute approximate surface area is 121 Å². The third kappa shape index (κ3) is 2.05. The van der Waals surface area contributed by atoms with Crippen LogP contribution in [0.1, 0.15) is 51.7 Å². The van der Waals surface area contributed by atoms with Gasteiger partial charge in [0.15, 0.2) is 5.60 Å². The van der Waals surface area contributed by atoms with E-state index in [1.54, 1.807) is 0 Å². The molecule has 0 saturated carbocycles. The van der Waals surface area contributed by atoms with Gasteiger partial charge in [-0.1, -0.05) is 45.0 Å². The van der Waals surface area contributed by atoms with Gasteiger partial charge in [0.05, 0.1) is 6.61 Å². The van der Waals surface area contributed by atoms with Gasteiger partial charge in [0.1, 0.15) is 5.60 Å². The number of epoxide rings is 1. The summed E-state index contributed by atoms with van der Waals surface area (Å²) in [6, 6.07) is 8.39. The molecule has 2 atom stereocenters. The fraction of sp³-hybridized carbons (Fsp3) is 0.588. The van der Waals surface area contributed by atoms with Crippen molar-refractivity contribution < 1.29 is 14.3 Å². The lowest BCUT2D eigenvalue weighted by Gasteiger charge is -2.17. The highest BCUT2D eigenvalue weighted by Crippen LogP contribution is 2.60. The van der Waals surface area contributed by atoms with E-state index in [9.17, 15) is 4.79 Å². The van der Waals surface area contributed by atoms with Gasteiger partial charge >= 0.3 is 5.97 Å². The van der Waals surface area contributed by atoms with Gasteiger partial charge in [0.2, 0.25) is 0 Å². The molecule has 2 rings (SSSR count). The summed E-state index contributed by atoms with van der Waals surface area (Å²) in [6.45, 7) is 8.39. The number of carbonyl (C=O) groups is 1. The van der Waals surface area contributed by atoms with Gasteiger partial charge in [-0.3, -0.25) is 0 Å². The first kappa shape index (κ1) is 15.0. The Morgan fingerprint density at radius 3 is 2.20 bits per heavy atom. The van der Waals surface area contributed by atoms with Crippen LogP contribution in [-0.2, 0) is 26.3 Å². The number of benzene rings is 1. The van der Waals surface area contributed by atoms with Gasteiger partial charge in [-0.05, 0) is 37.3 Å². The van der Waals surface area contributed by atoms with Crippen molar-refractivity contribution in [1.29, 1.82) is 0 Å². The molecule has 20 heavy (non-hydrogen) atoms. The second-order valence-electron chi connectivity index (χ2n) is 5.23. The largest absolute Gasteiger partial charge is 0.464 e. The first-order valence-corrected chi connectivity index (χ1v) is 7.57. The van der Waals surface area contributed by atoms with Crippen LogP contribution in [-0.4, -0.2) is 18.2 Å². The van der Waals surface area contributed by atoms with Crippen LogP contribution in [0.25, 0.3) is 0 Å². The molecule has 1 aliphatic rings. The molecular weight excluding hydrogens is 252 g/mol. The summed E-state index contributed by atoms with van der Waals surface area (Å²) in [6.07, 6.45) is 2.41. The molecule has 0 amide bonds. The van der Waals surface area contributed by atoms with Crippen molar-refractivity contribution in [2.75, 3.05) is 6.61 Å². The lowest BCUT2D eigenvalue weighted by molar-refractivity contribution is -0.149. The summed E-state index contributed by atoms with van der Waals surface area (Å²) in [5, 5.41) is 0. The number of aryl methyl sites for hydroxylation is 1. The minimum atomic E-state index is -0.800. The van der Waals surface area contributed by atoms with Crippen molar-refractivity contribution in [3.63, 3.8) is 0 Å². The van der Waals surface area contributed by atoms with Crippen LogP contribution >= 0.6 is 0 Å². The summed E-state index contributed by atoms with van der Waals surface area (Å²) >= 11 is 0.